The Morgan fingerprint density at radius 3 is 2.36 bits per heavy atom. The summed E-state index contributed by atoms with van der Waals surface area (Å²) in [6.45, 7) is 5.77. The van der Waals surface area contributed by atoms with Gasteiger partial charge in [-0.1, -0.05) is 35.0 Å². The fourth-order valence-electron chi connectivity index (χ4n) is 3.57. The molecule has 0 bridgehead atoms. The third-order valence-electron chi connectivity index (χ3n) is 5.16. The molecule has 0 aliphatic heterocycles. The van der Waals surface area contributed by atoms with Crippen LogP contribution in [0.15, 0.2) is 24.3 Å². The first-order chi connectivity index (χ1) is 15.3. The first-order valence-electron chi connectivity index (χ1n) is 10.3. The van der Waals surface area contributed by atoms with Gasteiger partial charge >= 0.3 is 5.97 Å². The molecule has 0 atom stereocenters. The van der Waals surface area contributed by atoms with Crippen LogP contribution in [-0.4, -0.2) is 28.9 Å². The van der Waals surface area contributed by atoms with Gasteiger partial charge < -0.3 is 10.0 Å². The number of benzene rings is 1. The molecule has 1 heterocycles. The topological polar surface area (TPSA) is 57.6 Å². The molecule has 1 aliphatic rings. The lowest BCUT2D eigenvalue weighted by molar-refractivity contribution is -0.0379. The highest BCUT2D eigenvalue weighted by atomic mass is 35.5. The van der Waals surface area contributed by atoms with Crippen molar-refractivity contribution in [2.75, 3.05) is 4.90 Å². The maximum Gasteiger partial charge on any atom is 0.348 e. The van der Waals surface area contributed by atoms with Crippen LogP contribution in [0.4, 0.5) is 14.5 Å². The summed E-state index contributed by atoms with van der Waals surface area (Å²) in [5.41, 5.74) is -0.0605. The van der Waals surface area contributed by atoms with Crippen LogP contribution in [-0.2, 0) is 0 Å². The second kappa shape index (κ2) is 9.61. The average Bonchev–Trinajstić information content (AvgIpc) is 3.11. The summed E-state index contributed by atoms with van der Waals surface area (Å²) in [6.07, 6.45) is -0.720. The number of hydrogen-bond acceptors (Lipinski definition) is 3. The Morgan fingerprint density at radius 1 is 1.18 bits per heavy atom. The summed E-state index contributed by atoms with van der Waals surface area (Å²) in [4.78, 5) is 27.4. The van der Waals surface area contributed by atoms with Gasteiger partial charge in [-0.3, -0.25) is 4.79 Å². The third-order valence-corrected chi connectivity index (χ3v) is 6.73. The number of thiophene rings is 1. The maximum absolute atomic E-state index is 13.9. The number of rotatable bonds is 4. The smallest absolute Gasteiger partial charge is 0.348 e. The van der Waals surface area contributed by atoms with E-state index in [0.29, 0.717) is 9.90 Å². The van der Waals surface area contributed by atoms with Gasteiger partial charge in [-0.25, -0.2) is 13.6 Å². The van der Waals surface area contributed by atoms with Gasteiger partial charge in [0.1, 0.15) is 4.88 Å². The number of carbonyl (C=O) groups excluding carboxylic acids is 1. The minimum atomic E-state index is -2.81. The third kappa shape index (κ3) is 6.26. The van der Waals surface area contributed by atoms with Crippen LogP contribution in [0.1, 0.15) is 71.4 Å². The van der Waals surface area contributed by atoms with E-state index < -0.39 is 23.8 Å². The molecular weight excluding hydrogens is 491 g/mol. The second-order valence-corrected chi connectivity index (χ2v) is 10.9. The van der Waals surface area contributed by atoms with Gasteiger partial charge in [0.05, 0.1) is 21.2 Å². The van der Waals surface area contributed by atoms with Crippen molar-refractivity contribution in [2.45, 2.75) is 58.4 Å². The van der Waals surface area contributed by atoms with Gasteiger partial charge in [-0.2, -0.15) is 0 Å². The monoisotopic (exact) mass is 513 g/mol. The molecule has 0 unspecified atom stereocenters. The van der Waals surface area contributed by atoms with Crippen LogP contribution in [0.25, 0.3) is 0 Å². The zero-order valence-corrected chi connectivity index (χ0v) is 20.7. The standard InChI is InChI=1S/C24H23Cl2F2NO3S/c1-23(2,3)9-8-16-13-19(20(33-16)22(31)32)29(15-6-10-24(27,28)11-7-15)21(30)17-5-4-14(25)12-18(17)26/h4-5,12-13,15H,6-7,10-11H2,1-3H3,(H,31,32). The van der Waals surface area contributed by atoms with Crippen molar-refractivity contribution in [2.24, 2.45) is 5.41 Å². The van der Waals surface area contributed by atoms with E-state index in [1.807, 2.05) is 20.8 Å². The predicted molar refractivity (Wildman–Crippen MR) is 128 cm³/mol. The number of carboxylic acid groups (broad SMARTS) is 1. The van der Waals surface area contributed by atoms with E-state index in [4.69, 9.17) is 23.2 Å². The van der Waals surface area contributed by atoms with Crippen molar-refractivity contribution in [1.29, 1.82) is 0 Å². The Bertz CT molecular complexity index is 1130. The Balaban J connectivity index is 2.12. The number of halogens is 4. The lowest BCUT2D eigenvalue weighted by atomic mass is 9.90. The lowest BCUT2D eigenvalue weighted by Gasteiger charge is -2.37. The molecule has 4 nitrogen and oxygen atoms in total. The molecule has 1 aliphatic carbocycles. The van der Waals surface area contributed by atoms with Crippen molar-refractivity contribution >= 4 is 52.1 Å². The summed E-state index contributed by atoms with van der Waals surface area (Å²) < 4.78 is 27.7. The first-order valence-corrected chi connectivity index (χ1v) is 11.9. The van der Waals surface area contributed by atoms with Gasteiger partial charge in [-0.15, -0.1) is 11.3 Å². The minimum absolute atomic E-state index is 0.0296. The Labute approximate surface area is 205 Å². The Kier molecular flexibility index (Phi) is 7.42. The van der Waals surface area contributed by atoms with Crippen LogP contribution in [0.5, 0.6) is 0 Å². The van der Waals surface area contributed by atoms with Gasteiger partial charge in [0.15, 0.2) is 0 Å². The SMILES string of the molecule is CC(C)(C)C#Cc1cc(N(C(=O)c2ccc(Cl)cc2Cl)C2CCC(F)(F)CC2)c(C(=O)O)s1. The fraction of sp³-hybridized carbons (Fsp3) is 0.417. The summed E-state index contributed by atoms with van der Waals surface area (Å²) in [5.74, 6) is 1.43. The van der Waals surface area contributed by atoms with Crippen LogP contribution < -0.4 is 4.90 Å². The van der Waals surface area contributed by atoms with Crippen LogP contribution in [0.2, 0.25) is 10.0 Å². The second-order valence-electron chi connectivity index (χ2n) is 9.02. The highest BCUT2D eigenvalue weighted by Gasteiger charge is 2.40. The number of alkyl halides is 2. The molecule has 176 valence electrons. The fourth-order valence-corrected chi connectivity index (χ4v) is 4.90. The normalized spacial score (nSPS) is 16.1. The van der Waals surface area contributed by atoms with E-state index >= 15 is 0 Å². The van der Waals surface area contributed by atoms with Gasteiger partial charge in [0.25, 0.3) is 5.91 Å². The maximum atomic E-state index is 13.9. The lowest BCUT2D eigenvalue weighted by Crippen LogP contribution is -2.45. The molecule has 0 spiro atoms. The zero-order valence-electron chi connectivity index (χ0n) is 18.3. The molecule has 1 N–H and O–H groups in total. The van der Waals surface area contributed by atoms with E-state index in [0.717, 1.165) is 11.3 Å². The van der Waals surface area contributed by atoms with Crippen molar-refractivity contribution in [3.63, 3.8) is 0 Å². The number of anilines is 1. The molecule has 3 rings (SSSR count). The summed E-state index contributed by atoms with van der Waals surface area (Å²) >= 11 is 13.2. The molecule has 0 radical (unpaired) electrons. The van der Waals surface area contributed by atoms with E-state index in [-0.39, 0.29) is 52.2 Å². The predicted octanol–water partition coefficient (Wildman–Crippen LogP) is 7.38. The highest BCUT2D eigenvalue weighted by Crippen LogP contribution is 2.40. The Morgan fingerprint density at radius 2 is 1.82 bits per heavy atom. The molecule has 1 aromatic heterocycles. The molecule has 1 amide bonds. The number of carboxylic acids is 1. The number of amides is 1. The average molecular weight is 514 g/mol. The van der Waals surface area contributed by atoms with Crippen molar-refractivity contribution in [1.82, 2.24) is 0 Å². The molecular formula is C24H23Cl2F2NO3S. The largest absolute Gasteiger partial charge is 0.477 e. The molecule has 0 saturated heterocycles. The van der Waals surface area contributed by atoms with E-state index in [1.165, 1.54) is 23.1 Å². The molecule has 1 saturated carbocycles. The van der Waals surface area contributed by atoms with E-state index in [2.05, 4.69) is 11.8 Å². The summed E-state index contributed by atoms with van der Waals surface area (Å²) in [6, 6.07) is 5.29. The van der Waals surface area contributed by atoms with Crippen molar-refractivity contribution < 1.29 is 23.5 Å². The Hall–Kier alpha value is -2.14. The zero-order chi connectivity index (χ0) is 24.6. The molecule has 1 fully saturated rings. The molecule has 1 aromatic carbocycles. The number of carbonyl (C=O) groups is 2. The number of nitrogens with zero attached hydrogens (tertiary/aromatic N) is 1. The van der Waals surface area contributed by atoms with E-state index in [1.54, 1.807) is 6.07 Å². The number of aromatic carboxylic acids is 1. The van der Waals surface area contributed by atoms with Crippen LogP contribution in [0, 0.1) is 17.3 Å². The van der Waals surface area contributed by atoms with Crippen LogP contribution >= 0.6 is 34.5 Å². The van der Waals surface area contributed by atoms with Gasteiger partial charge in [0, 0.05) is 29.3 Å². The van der Waals surface area contributed by atoms with Crippen molar-refractivity contribution in [3.8, 4) is 11.8 Å². The van der Waals surface area contributed by atoms with Crippen molar-refractivity contribution in [3.05, 3.63) is 49.6 Å². The molecule has 33 heavy (non-hydrogen) atoms. The quantitative estimate of drug-likeness (QED) is 0.434. The minimum Gasteiger partial charge on any atom is -0.477 e. The molecule has 9 heteroatoms. The van der Waals surface area contributed by atoms with Gasteiger partial charge in [-0.05, 0) is 57.9 Å². The molecule has 2 aromatic rings. The van der Waals surface area contributed by atoms with Crippen LogP contribution in [0.3, 0.4) is 0 Å². The van der Waals surface area contributed by atoms with E-state index in [9.17, 15) is 23.5 Å². The highest BCUT2D eigenvalue weighted by molar-refractivity contribution is 7.15. The summed E-state index contributed by atoms with van der Waals surface area (Å²) in [5, 5.41) is 10.3. The first kappa shape index (κ1) is 25.5. The summed E-state index contributed by atoms with van der Waals surface area (Å²) in [7, 11) is 0. The van der Waals surface area contributed by atoms with Gasteiger partial charge in [0.2, 0.25) is 5.92 Å². The number of hydrogen-bond donors (Lipinski definition) is 1.